The molecular formula is C37H34N4O8. The van der Waals surface area contributed by atoms with E-state index in [2.05, 4.69) is 10.6 Å². The smallest absolute Gasteiger partial charge is 0.397 e. The summed E-state index contributed by atoms with van der Waals surface area (Å²) in [5.41, 5.74) is 2.19. The number of anilines is 2. The molecule has 4 aromatic carbocycles. The van der Waals surface area contributed by atoms with Gasteiger partial charge in [-0.05, 0) is 70.3 Å². The highest BCUT2D eigenvalue weighted by Crippen LogP contribution is 2.20. The van der Waals surface area contributed by atoms with Gasteiger partial charge in [0.05, 0.1) is 25.8 Å². The van der Waals surface area contributed by atoms with Crippen molar-refractivity contribution in [2.75, 3.05) is 17.5 Å². The van der Waals surface area contributed by atoms with E-state index in [9.17, 15) is 29.2 Å². The zero-order valence-electron chi connectivity index (χ0n) is 26.8. The Kier molecular flexibility index (Phi) is 10.5. The number of carboxylic acids is 1. The van der Waals surface area contributed by atoms with E-state index in [-0.39, 0.29) is 35.8 Å². The van der Waals surface area contributed by atoms with Gasteiger partial charge in [0.15, 0.2) is 0 Å². The van der Waals surface area contributed by atoms with E-state index in [1.54, 1.807) is 38.4 Å². The number of aromatic nitrogens is 1. The molecule has 0 spiro atoms. The molecule has 5 aromatic rings. The van der Waals surface area contributed by atoms with Gasteiger partial charge >= 0.3 is 11.9 Å². The van der Waals surface area contributed by atoms with Crippen LogP contribution in [-0.4, -0.2) is 51.7 Å². The summed E-state index contributed by atoms with van der Waals surface area (Å²) in [5.74, 6) is -3.76. The maximum absolute atomic E-state index is 13.9. The predicted octanol–water partition coefficient (Wildman–Crippen LogP) is 4.08. The van der Waals surface area contributed by atoms with E-state index in [1.807, 2.05) is 54.6 Å². The van der Waals surface area contributed by atoms with Gasteiger partial charge < -0.3 is 25.0 Å². The molecule has 49 heavy (non-hydrogen) atoms. The zero-order valence-corrected chi connectivity index (χ0v) is 26.8. The molecule has 0 unspecified atom stereocenters. The molecule has 1 heterocycles. The first-order valence-electron chi connectivity index (χ1n) is 15.3. The SMILES string of the molecule is COc1ccc(Cn2ccc(C)c(NC(=O)[C@H](Cc3ccc(N(O)C(=O)C(=O)O)cc3)NC(=O)Cc3cccc4ccccc34)c2=O)cc1. The predicted molar refractivity (Wildman–Crippen MR) is 183 cm³/mol. The molecule has 250 valence electrons. The van der Waals surface area contributed by atoms with Crippen LogP contribution in [0.25, 0.3) is 10.8 Å². The van der Waals surface area contributed by atoms with Crippen molar-refractivity contribution in [3.63, 3.8) is 0 Å². The van der Waals surface area contributed by atoms with E-state index in [4.69, 9.17) is 9.84 Å². The number of aliphatic carboxylic acids is 1. The van der Waals surface area contributed by atoms with Crippen molar-refractivity contribution in [3.05, 3.63) is 136 Å². The first-order valence-corrected chi connectivity index (χ1v) is 15.3. The molecule has 4 N–H and O–H groups in total. The van der Waals surface area contributed by atoms with Gasteiger partial charge in [-0.2, -0.15) is 5.06 Å². The lowest BCUT2D eigenvalue weighted by Gasteiger charge is -2.20. The lowest BCUT2D eigenvalue weighted by Crippen LogP contribution is -2.46. The molecule has 0 radical (unpaired) electrons. The van der Waals surface area contributed by atoms with Crippen LogP contribution in [0, 0.1) is 6.92 Å². The average Bonchev–Trinajstić information content (AvgIpc) is 3.11. The molecule has 0 bridgehead atoms. The van der Waals surface area contributed by atoms with Crippen LogP contribution in [0.5, 0.6) is 5.75 Å². The fraction of sp³-hybridized carbons (Fsp3) is 0.162. The Labute approximate surface area is 281 Å². The second-order valence-corrected chi connectivity index (χ2v) is 11.4. The Hall–Kier alpha value is -6.27. The second-order valence-electron chi connectivity index (χ2n) is 11.4. The minimum absolute atomic E-state index is 0.00257. The highest BCUT2D eigenvalue weighted by molar-refractivity contribution is 6.36. The Morgan fingerprint density at radius 2 is 1.55 bits per heavy atom. The monoisotopic (exact) mass is 662 g/mol. The number of carbonyl (C=O) groups is 4. The van der Waals surface area contributed by atoms with Gasteiger partial charge in [-0.3, -0.25) is 24.4 Å². The molecule has 0 aliphatic rings. The van der Waals surface area contributed by atoms with Gasteiger partial charge in [0.2, 0.25) is 11.8 Å². The molecule has 0 aliphatic heterocycles. The largest absolute Gasteiger partial charge is 0.497 e. The maximum atomic E-state index is 13.9. The number of nitrogens with zero attached hydrogens (tertiary/aromatic N) is 2. The van der Waals surface area contributed by atoms with Gasteiger partial charge in [0.25, 0.3) is 5.56 Å². The summed E-state index contributed by atoms with van der Waals surface area (Å²) in [7, 11) is 1.57. The van der Waals surface area contributed by atoms with Crippen LogP contribution in [0.3, 0.4) is 0 Å². The summed E-state index contributed by atoms with van der Waals surface area (Å²) in [6.07, 6.45) is 1.60. The summed E-state index contributed by atoms with van der Waals surface area (Å²) in [4.78, 5) is 63.5. The molecule has 3 amide bonds. The molecule has 1 atom stereocenters. The highest BCUT2D eigenvalue weighted by atomic mass is 16.5. The molecule has 5 rings (SSSR count). The molecule has 12 nitrogen and oxygen atoms in total. The second kappa shape index (κ2) is 15.1. The van der Waals surface area contributed by atoms with Crippen LogP contribution >= 0.6 is 0 Å². The molecule has 1 aromatic heterocycles. The van der Waals surface area contributed by atoms with Gasteiger partial charge in [0.1, 0.15) is 17.5 Å². The molecule has 12 heteroatoms. The van der Waals surface area contributed by atoms with E-state index >= 15 is 0 Å². The zero-order chi connectivity index (χ0) is 35.1. The van der Waals surface area contributed by atoms with Crippen LogP contribution in [0.1, 0.15) is 22.3 Å². The fourth-order valence-corrected chi connectivity index (χ4v) is 5.37. The van der Waals surface area contributed by atoms with Crippen molar-refractivity contribution in [1.82, 2.24) is 9.88 Å². The molecule has 0 saturated heterocycles. The number of carboxylic acid groups (broad SMARTS) is 1. The van der Waals surface area contributed by atoms with Crippen molar-refractivity contribution in [3.8, 4) is 5.75 Å². The van der Waals surface area contributed by atoms with Crippen molar-refractivity contribution in [1.29, 1.82) is 0 Å². The van der Waals surface area contributed by atoms with Crippen molar-refractivity contribution in [2.45, 2.75) is 32.4 Å². The number of aryl methyl sites for hydroxylation is 1. The fourth-order valence-electron chi connectivity index (χ4n) is 5.37. The number of hydrogen-bond acceptors (Lipinski definition) is 7. The highest BCUT2D eigenvalue weighted by Gasteiger charge is 2.25. The van der Waals surface area contributed by atoms with Crippen molar-refractivity contribution >= 4 is 45.8 Å². The minimum atomic E-state index is -1.84. The third kappa shape index (κ3) is 8.18. The van der Waals surface area contributed by atoms with Gasteiger partial charge in [-0.15, -0.1) is 0 Å². The summed E-state index contributed by atoms with van der Waals surface area (Å²) in [6.45, 7) is 1.94. The minimum Gasteiger partial charge on any atom is -0.497 e. The van der Waals surface area contributed by atoms with E-state index in [0.29, 0.717) is 16.9 Å². The topological polar surface area (TPSA) is 167 Å². The number of fused-ring (bicyclic) bond motifs is 1. The Morgan fingerprint density at radius 1 is 0.878 bits per heavy atom. The lowest BCUT2D eigenvalue weighted by atomic mass is 10.0. The van der Waals surface area contributed by atoms with E-state index < -0.39 is 35.3 Å². The maximum Gasteiger partial charge on any atom is 0.397 e. The van der Waals surface area contributed by atoms with Gasteiger partial charge in [-0.1, -0.05) is 66.7 Å². The standard InChI is InChI=1S/C37H34N4O8/c1-23-18-19-40(22-25-12-16-29(49-2)17-13-25)35(44)33(23)39-34(43)31(20-24-10-14-28(15-11-24)41(48)36(45)37(46)47)38-32(42)21-27-8-5-7-26-6-3-4-9-30(26)27/h3-19,31,48H,20-22H2,1-2H3,(H,38,42)(H,39,43)(H,46,47)/t31-/m0/s1. The third-order valence-electron chi connectivity index (χ3n) is 8.01. The summed E-state index contributed by atoms with van der Waals surface area (Å²) >= 11 is 0. The normalized spacial score (nSPS) is 11.4. The number of hydroxylamine groups is 1. The summed E-state index contributed by atoms with van der Waals surface area (Å²) < 4.78 is 6.67. The molecule has 0 aliphatic carbocycles. The van der Waals surface area contributed by atoms with Crippen LogP contribution in [-0.2, 0) is 38.6 Å². The molecular weight excluding hydrogens is 628 g/mol. The number of ether oxygens (including phenoxy) is 1. The number of pyridine rings is 1. The first-order chi connectivity index (χ1) is 23.5. The van der Waals surface area contributed by atoms with Crippen LogP contribution in [0.15, 0.2) is 108 Å². The van der Waals surface area contributed by atoms with E-state index in [0.717, 1.165) is 21.9 Å². The number of methoxy groups -OCH3 is 1. The summed E-state index contributed by atoms with van der Waals surface area (Å²) in [6, 6.07) is 26.7. The first kappa shape index (κ1) is 34.1. The van der Waals surface area contributed by atoms with E-state index in [1.165, 1.54) is 28.8 Å². The van der Waals surface area contributed by atoms with Gasteiger partial charge in [0, 0.05) is 12.6 Å². The van der Waals surface area contributed by atoms with Crippen LogP contribution in [0.2, 0.25) is 0 Å². The van der Waals surface area contributed by atoms with Crippen LogP contribution < -0.4 is 26.0 Å². The number of amides is 3. The van der Waals surface area contributed by atoms with Crippen LogP contribution in [0.4, 0.5) is 11.4 Å². The Morgan fingerprint density at radius 3 is 2.24 bits per heavy atom. The average molecular weight is 663 g/mol. The summed E-state index contributed by atoms with van der Waals surface area (Å²) in [5, 5.41) is 26.3. The number of carbonyl (C=O) groups excluding carboxylic acids is 3. The number of rotatable bonds is 11. The van der Waals surface area contributed by atoms with Gasteiger partial charge in [-0.25, -0.2) is 4.79 Å². The number of hydrogen-bond donors (Lipinski definition) is 4. The van der Waals surface area contributed by atoms with Crippen molar-refractivity contribution < 1.29 is 34.2 Å². The third-order valence-corrected chi connectivity index (χ3v) is 8.01. The molecule has 0 saturated carbocycles. The Balaban J connectivity index is 1.40. The quantitative estimate of drug-likeness (QED) is 0.0933. The Bertz CT molecular complexity index is 2070. The number of benzene rings is 4. The number of nitrogens with one attached hydrogen (secondary N) is 2. The van der Waals surface area contributed by atoms with Crippen molar-refractivity contribution in [2.24, 2.45) is 0 Å². The molecule has 0 fully saturated rings. The lowest BCUT2D eigenvalue weighted by molar-refractivity contribution is -0.151.